The summed E-state index contributed by atoms with van der Waals surface area (Å²) >= 11 is 0. The molecule has 1 aromatic carbocycles. The van der Waals surface area contributed by atoms with E-state index in [0.717, 1.165) is 19.6 Å². The lowest BCUT2D eigenvalue weighted by Gasteiger charge is -2.26. The van der Waals surface area contributed by atoms with Crippen LogP contribution in [0, 0.1) is 18.7 Å². The molecule has 2 saturated heterocycles. The average molecular weight is 565 g/mol. The van der Waals surface area contributed by atoms with Crippen LogP contribution in [0.15, 0.2) is 24.5 Å². The molecule has 6 rings (SSSR count). The number of hydrogen-bond acceptors (Lipinski definition) is 11. The number of aryl methyl sites for hydroxylation is 1. The van der Waals surface area contributed by atoms with Crippen LogP contribution in [0.1, 0.15) is 5.82 Å². The Morgan fingerprint density at radius 1 is 1.22 bits per heavy atom. The lowest BCUT2D eigenvalue weighted by Crippen LogP contribution is -2.45. The van der Waals surface area contributed by atoms with Crippen LogP contribution in [-0.2, 0) is 9.53 Å². The van der Waals surface area contributed by atoms with Crippen molar-refractivity contribution in [2.24, 2.45) is 11.7 Å². The van der Waals surface area contributed by atoms with Crippen LogP contribution in [-0.4, -0.2) is 101 Å². The molecular formula is C27H33FN10O3. The number of anilines is 2. The van der Waals surface area contributed by atoms with Crippen molar-refractivity contribution in [2.45, 2.75) is 13.0 Å². The third-order valence-electron chi connectivity index (χ3n) is 7.55. The molecule has 5 heterocycles. The number of carbonyl (C=O) groups excluding carboxylic acids is 1. The van der Waals surface area contributed by atoms with Crippen LogP contribution in [0.4, 0.5) is 15.9 Å². The van der Waals surface area contributed by atoms with Gasteiger partial charge in [0.15, 0.2) is 5.75 Å². The Hall–Kier alpha value is -4.14. The minimum absolute atomic E-state index is 0.0602. The van der Waals surface area contributed by atoms with Gasteiger partial charge in [0.05, 0.1) is 48.1 Å². The first-order valence-electron chi connectivity index (χ1n) is 13.6. The lowest BCUT2D eigenvalue weighted by molar-refractivity contribution is -0.124. The van der Waals surface area contributed by atoms with Gasteiger partial charge >= 0.3 is 6.01 Å². The number of nitrogens with two attached hydrogens (primary N) is 1. The van der Waals surface area contributed by atoms with E-state index >= 15 is 0 Å². The summed E-state index contributed by atoms with van der Waals surface area (Å²) in [5, 5.41) is 7.30. The number of hydrogen-bond donors (Lipinski definition) is 4. The van der Waals surface area contributed by atoms with Gasteiger partial charge in [0.25, 0.3) is 0 Å². The molecule has 41 heavy (non-hydrogen) atoms. The number of carbonyl (C=O) groups is 1. The van der Waals surface area contributed by atoms with Crippen molar-refractivity contribution in [3.63, 3.8) is 0 Å². The van der Waals surface area contributed by atoms with Crippen LogP contribution in [0.2, 0.25) is 0 Å². The van der Waals surface area contributed by atoms with Crippen molar-refractivity contribution in [3.05, 3.63) is 36.2 Å². The summed E-state index contributed by atoms with van der Waals surface area (Å²) in [5.74, 6) is 0.516. The van der Waals surface area contributed by atoms with E-state index in [-0.39, 0.29) is 11.9 Å². The van der Waals surface area contributed by atoms with E-state index in [1.165, 1.54) is 24.5 Å². The van der Waals surface area contributed by atoms with Crippen LogP contribution < -0.4 is 26.0 Å². The number of fused-ring (bicyclic) bond motifs is 3. The van der Waals surface area contributed by atoms with Gasteiger partial charge in [-0.05, 0) is 19.1 Å². The summed E-state index contributed by atoms with van der Waals surface area (Å²) in [7, 11) is 1.72. The fraction of sp³-hybridized carbons (Fsp3) is 0.444. The Morgan fingerprint density at radius 2 is 2.00 bits per heavy atom. The second-order valence-corrected chi connectivity index (χ2v) is 10.3. The number of benzene rings is 1. The third-order valence-corrected chi connectivity index (χ3v) is 7.55. The number of rotatable bonds is 8. The molecule has 2 aliphatic rings. The molecule has 2 aliphatic heterocycles. The van der Waals surface area contributed by atoms with Gasteiger partial charge in [-0.15, -0.1) is 0 Å². The first-order valence-corrected chi connectivity index (χ1v) is 13.6. The quantitative estimate of drug-likeness (QED) is 0.245. The standard InChI is InChI=1S/C27H33FN10O3/c1-15-32-11-17(12-33-15)41-27-35-24-22(18-9-16(28)10-21(30-2)23(18)34-24)25(36-27)38-13-19(20(29)14-38)26(39)31-3-4-37-5-7-40-8-6-37/h9-12,19-20,30H,3-8,13-14,29H2,1-2H3,(H,31,39)(H,34,35,36). The topological polar surface area (TPSA) is 159 Å². The van der Waals surface area contributed by atoms with E-state index in [1.54, 1.807) is 14.0 Å². The predicted molar refractivity (Wildman–Crippen MR) is 152 cm³/mol. The van der Waals surface area contributed by atoms with E-state index in [0.29, 0.717) is 77.9 Å². The van der Waals surface area contributed by atoms with E-state index in [9.17, 15) is 9.18 Å². The fourth-order valence-electron chi connectivity index (χ4n) is 5.41. The number of amides is 1. The summed E-state index contributed by atoms with van der Waals surface area (Å²) in [5.41, 5.74) is 8.22. The van der Waals surface area contributed by atoms with Crippen molar-refractivity contribution in [3.8, 4) is 11.8 Å². The van der Waals surface area contributed by atoms with Gasteiger partial charge in [0, 0.05) is 57.7 Å². The molecule has 5 N–H and O–H groups in total. The second-order valence-electron chi connectivity index (χ2n) is 10.3. The molecule has 3 aromatic heterocycles. The Morgan fingerprint density at radius 3 is 2.76 bits per heavy atom. The molecule has 2 fully saturated rings. The number of ether oxygens (including phenoxy) is 2. The number of aromatic amines is 1. The average Bonchev–Trinajstić information content (AvgIpc) is 3.54. The van der Waals surface area contributed by atoms with Crippen LogP contribution in [0.3, 0.4) is 0 Å². The number of morpholine rings is 1. The zero-order chi connectivity index (χ0) is 28.5. The van der Waals surface area contributed by atoms with Crippen molar-refractivity contribution in [1.82, 2.24) is 35.1 Å². The summed E-state index contributed by atoms with van der Waals surface area (Å²) in [6, 6.07) is 2.50. The smallest absolute Gasteiger partial charge is 0.326 e. The highest BCUT2D eigenvalue weighted by atomic mass is 19.1. The van der Waals surface area contributed by atoms with Crippen LogP contribution in [0.5, 0.6) is 11.8 Å². The SMILES string of the molecule is CNc1cc(F)cc2c1[nH]c1nc(Oc3cnc(C)nc3)nc(N3CC(N)C(C(=O)NCCN4CCOCC4)C3)c12. The molecule has 2 atom stereocenters. The Labute approximate surface area is 235 Å². The Balaban J connectivity index is 1.31. The van der Waals surface area contributed by atoms with E-state index in [1.807, 2.05) is 4.90 Å². The van der Waals surface area contributed by atoms with Crippen LogP contribution in [0.25, 0.3) is 21.9 Å². The molecule has 216 valence electrons. The van der Waals surface area contributed by atoms with Gasteiger partial charge in [-0.25, -0.2) is 14.4 Å². The normalized spacial score (nSPS) is 19.7. The van der Waals surface area contributed by atoms with E-state index < -0.39 is 17.8 Å². The fourth-order valence-corrected chi connectivity index (χ4v) is 5.41. The molecular weight excluding hydrogens is 531 g/mol. The van der Waals surface area contributed by atoms with Gasteiger partial charge in [-0.1, -0.05) is 0 Å². The molecule has 0 bridgehead atoms. The van der Waals surface area contributed by atoms with E-state index in [2.05, 4.69) is 35.5 Å². The number of nitrogens with zero attached hydrogens (tertiary/aromatic N) is 6. The minimum Gasteiger partial charge on any atom is -0.421 e. The van der Waals surface area contributed by atoms with E-state index in [4.69, 9.17) is 20.2 Å². The monoisotopic (exact) mass is 564 g/mol. The summed E-state index contributed by atoms with van der Waals surface area (Å²) < 4.78 is 26.0. The molecule has 1 amide bonds. The van der Waals surface area contributed by atoms with Crippen molar-refractivity contribution in [1.29, 1.82) is 0 Å². The molecule has 4 aromatic rings. The second kappa shape index (κ2) is 11.4. The number of halogens is 1. The highest BCUT2D eigenvalue weighted by Gasteiger charge is 2.37. The van der Waals surface area contributed by atoms with Crippen molar-refractivity contribution in [2.75, 3.05) is 69.7 Å². The molecule has 0 spiro atoms. The maximum Gasteiger partial charge on any atom is 0.326 e. The Kier molecular flexibility index (Phi) is 7.51. The van der Waals surface area contributed by atoms with Gasteiger partial charge in [-0.2, -0.15) is 9.97 Å². The molecule has 14 heteroatoms. The molecule has 0 radical (unpaired) electrons. The maximum absolute atomic E-state index is 14.7. The lowest BCUT2D eigenvalue weighted by atomic mass is 10.0. The molecule has 2 unspecified atom stereocenters. The van der Waals surface area contributed by atoms with Crippen molar-refractivity contribution < 1.29 is 18.7 Å². The van der Waals surface area contributed by atoms with Gasteiger partial charge in [0.2, 0.25) is 5.91 Å². The summed E-state index contributed by atoms with van der Waals surface area (Å²) in [6.45, 7) is 6.91. The zero-order valence-corrected chi connectivity index (χ0v) is 23.0. The molecule has 13 nitrogen and oxygen atoms in total. The summed E-state index contributed by atoms with van der Waals surface area (Å²) in [4.78, 5) is 38.3. The van der Waals surface area contributed by atoms with Crippen LogP contribution >= 0.6 is 0 Å². The third kappa shape index (κ3) is 5.58. The highest BCUT2D eigenvalue weighted by molar-refractivity contribution is 6.14. The maximum atomic E-state index is 14.7. The highest BCUT2D eigenvalue weighted by Crippen LogP contribution is 2.38. The number of nitrogens with one attached hydrogen (secondary N) is 3. The molecule has 0 aliphatic carbocycles. The predicted octanol–water partition coefficient (Wildman–Crippen LogP) is 1.39. The number of H-pyrrole nitrogens is 1. The first kappa shape index (κ1) is 27.1. The summed E-state index contributed by atoms with van der Waals surface area (Å²) in [6.07, 6.45) is 3.08. The number of aromatic nitrogens is 5. The Bertz CT molecular complexity index is 1560. The van der Waals surface area contributed by atoms with Crippen molar-refractivity contribution >= 4 is 39.3 Å². The minimum atomic E-state index is -0.450. The molecule has 0 saturated carbocycles. The zero-order valence-electron chi connectivity index (χ0n) is 23.0. The van der Waals surface area contributed by atoms with Gasteiger partial charge in [-0.3, -0.25) is 9.69 Å². The van der Waals surface area contributed by atoms with Gasteiger partial charge in [0.1, 0.15) is 23.1 Å². The largest absolute Gasteiger partial charge is 0.421 e. The van der Waals surface area contributed by atoms with Gasteiger partial charge < -0.3 is 35.7 Å². The first-order chi connectivity index (χ1) is 19.9.